The number of methoxy groups -OCH3 is 1. The number of halogens is 6. The van der Waals surface area contributed by atoms with Crippen LogP contribution in [0.1, 0.15) is 27.0 Å². The maximum atomic E-state index is 12.4. The summed E-state index contributed by atoms with van der Waals surface area (Å²) in [5, 5.41) is 14.8. The maximum absolute atomic E-state index is 12.4. The number of benzene rings is 2. The van der Waals surface area contributed by atoms with Gasteiger partial charge in [-0.05, 0) is 57.0 Å². The SMILES string of the molecule is CNCc1cc(C(F)(F)F)cc(C(F)(F)F)c1.COc1ccccc1Oc1nc(NCCN(C)C)ncc1C(=O)O. The zero-order valence-electron chi connectivity index (χ0n) is 22.5. The number of aromatic nitrogens is 2. The summed E-state index contributed by atoms with van der Waals surface area (Å²) in [6.07, 6.45) is -8.36. The standard InChI is InChI=1S/C16H20N4O4.C10H9F6N/c1-20(2)9-8-17-16-18-10-11(15(21)22)14(19-16)24-13-7-5-4-6-12(13)23-3;1-17-5-6-2-7(9(11,12)13)4-8(3-6)10(14,15)16/h4-7,10H,8-9H2,1-3H3,(H,21,22)(H,17,18,19);2-4,17H,5H2,1H3. The van der Waals surface area contributed by atoms with Crippen molar-refractivity contribution in [3.05, 3.63) is 70.9 Å². The molecule has 224 valence electrons. The number of ether oxygens (including phenoxy) is 2. The first-order chi connectivity index (χ1) is 19.1. The number of carboxylic acids is 1. The van der Waals surface area contributed by atoms with Crippen molar-refractivity contribution in [2.75, 3.05) is 46.7 Å². The monoisotopic (exact) mass is 589 g/mol. The Morgan fingerprint density at radius 1 is 1.00 bits per heavy atom. The van der Waals surface area contributed by atoms with E-state index in [4.69, 9.17) is 9.47 Å². The maximum Gasteiger partial charge on any atom is 0.416 e. The lowest BCUT2D eigenvalue weighted by molar-refractivity contribution is -0.143. The molecule has 0 spiro atoms. The molecular formula is C26H29F6N5O4. The number of nitrogens with zero attached hydrogens (tertiary/aromatic N) is 3. The van der Waals surface area contributed by atoms with Crippen LogP contribution in [-0.2, 0) is 18.9 Å². The molecule has 15 heteroatoms. The van der Waals surface area contributed by atoms with E-state index in [2.05, 4.69) is 20.6 Å². The quantitative estimate of drug-likeness (QED) is 0.268. The van der Waals surface area contributed by atoms with E-state index in [1.54, 1.807) is 24.3 Å². The second-order valence-corrected chi connectivity index (χ2v) is 8.65. The zero-order chi connectivity index (χ0) is 30.8. The van der Waals surface area contributed by atoms with Crippen LogP contribution in [0.5, 0.6) is 17.4 Å². The number of likely N-dealkylation sites (N-methyl/N-ethyl adjacent to an activating group) is 1. The van der Waals surface area contributed by atoms with Crippen LogP contribution in [0.2, 0.25) is 0 Å². The fourth-order valence-electron chi connectivity index (χ4n) is 3.20. The molecule has 3 rings (SSSR count). The highest BCUT2D eigenvalue weighted by molar-refractivity contribution is 5.90. The number of alkyl halides is 6. The summed E-state index contributed by atoms with van der Waals surface area (Å²) >= 11 is 0. The molecule has 0 unspecified atom stereocenters. The minimum absolute atomic E-state index is 0.0469. The number of carboxylic acid groups (broad SMARTS) is 1. The van der Waals surface area contributed by atoms with Crippen molar-refractivity contribution in [2.24, 2.45) is 0 Å². The van der Waals surface area contributed by atoms with Gasteiger partial charge in [0.1, 0.15) is 5.56 Å². The van der Waals surface area contributed by atoms with Gasteiger partial charge in [-0.25, -0.2) is 9.78 Å². The number of aromatic carboxylic acids is 1. The van der Waals surface area contributed by atoms with Crippen molar-refractivity contribution in [3.63, 3.8) is 0 Å². The first-order valence-electron chi connectivity index (χ1n) is 11.9. The fourth-order valence-corrected chi connectivity index (χ4v) is 3.20. The molecule has 0 aliphatic rings. The van der Waals surface area contributed by atoms with E-state index in [1.165, 1.54) is 20.4 Å². The lowest BCUT2D eigenvalue weighted by Crippen LogP contribution is -2.21. The lowest BCUT2D eigenvalue weighted by Gasteiger charge is -2.13. The highest BCUT2D eigenvalue weighted by atomic mass is 19.4. The van der Waals surface area contributed by atoms with Gasteiger partial charge >= 0.3 is 18.3 Å². The van der Waals surface area contributed by atoms with Crippen molar-refractivity contribution in [1.29, 1.82) is 0 Å². The molecule has 0 radical (unpaired) electrons. The van der Waals surface area contributed by atoms with Gasteiger partial charge < -0.3 is 30.1 Å². The van der Waals surface area contributed by atoms with Crippen LogP contribution in [0.25, 0.3) is 0 Å². The summed E-state index contributed by atoms with van der Waals surface area (Å²) in [5.74, 6) is -0.0594. The second kappa shape index (κ2) is 14.5. The molecule has 1 heterocycles. The Hall–Kier alpha value is -4.11. The van der Waals surface area contributed by atoms with Crippen LogP contribution in [0.15, 0.2) is 48.7 Å². The summed E-state index contributed by atoms with van der Waals surface area (Å²) in [6, 6.07) is 8.45. The summed E-state index contributed by atoms with van der Waals surface area (Å²) < 4.78 is 85.2. The van der Waals surface area contributed by atoms with E-state index in [1.807, 2.05) is 19.0 Å². The van der Waals surface area contributed by atoms with E-state index in [9.17, 15) is 36.2 Å². The number of rotatable bonds is 10. The largest absolute Gasteiger partial charge is 0.493 e. The van der Waals surface area contributed by atoms with Crippen molar-refractivity contribution in [3.8, 4) is 17.4 Å². The summed E-state index contributed by atoms with van der Waals surface area (Å²) in [6.45, 7) is 1.34. The molecule has 0 bridgehead atoms. The van der Waals surface area contributed by atoms with E-state index < -0.39 is 29.4 Å². The lowest BCUT2D eigenvalue weighted by atomic mass is 10.0. The Bertz CT molecular complexity index is 1270. The van der Waals surface area contributed by atoms with Crippen molar-refractivity contribution < 1.29 is 45.7 Å². The van der Waals surface area contributed by atoms with Gasteiger partial charge in [-0.2, -0.15) is 31.3 Å². The average molecular weight is 590 g/mol. The summed E-state index contributed by atoms with van der Waals surface area (Å²) in [5.41, 5.74) is -2.77. The molecule has 0 aliphatic heterocycles. The van der Waals surface area contributed by atoms with Crippen LogP contribution in [-0.4, -0.2) is 67.3 Å². The Kier molecular flexibility index (Phi) is 11.7. The third kappa shape index (κ3) is 10.4. The Morgan fingerprint density at radius 2 is 1.59 bits per heavy atom. The molecule has 3 N–H and O–H groups in total. The molecule has 0 atom stereocenters. The van der Waals surface area contributed by atoms with Crippen LogP contribution in [0, 0.1) is 0 Å². The third-order valence-corrected chi connectivity index (χ3v) is 5.13. The minimum Gasteiger partial charge on any atom is -0.493 e. The molecule has 1 aromatic heterocycles. The van der Waals surface area contributed by atoms with Gasteiger partial charge in [0, 0.05) is 19.6 Å². The topological polar surface area (TPSA) is 109 Å². The van der Waals surface area contributed by atoms with Crippen molar-refractivity contribution >= 4 is 11.9 Å². The normalized spacial score (nSPS) is 11.5. The summed E-state index contributed by atoms with van der Waals surface area (Å²) in [7, 11) is 6.85. The van der Waals surface area contributed by atoms with Crippen molar-refractivity contribution in [2.45, 2.75) is 18.9 Å². The Balaban J connectivity index is 0.000000305. The molecule has 0 saturated carbocycles. The molecule has 41 heavy (non-hydrogen) atoms. The molecule has 9 nitrogen and oxygen atoms in total. The van der Waals surface area contributed by atoms with E-state index in [0.717, 1.165) is 6.54 Å². The molecule has 2 aromatic carbocycles. The molecule has 0 amide bonds. The van der Waals surface area contributed by atoms with E-state index in [-0.39, 0.29) is 29.6 Å². The molecule has 0 fully saturated rings. The fraction of sp³-hybridized carbons (Fsp3) is 0.346. The predicted octanol–water partition coefficient (Wildman–Crippen LogP) is 5.39. The van der Waals surface area contributed by atoms with Crippen LogP contribution in [0.3, 0.4) is 0 Å². The highest BCUT2D eigenvalue weighted by Gasteiger charge is 2.36. The van der Waals surface area contributed by atoms with Gasteiger partial charge in [-0.15, -0.1) is 0 Å². The predicted molar refractivity (Wildman–Crippen MR) is 138 cm³/mol. The van der Waals surface area contributed by atoms with Crippen LogP contribution in [0.4, 0.5) is 32.3 Å². The third-order valence-electron chi connectivity index (χ3n) is 5.13. The molecule has 0 aliphatic carbocycles. The van der Waals surface area contributed by atoms with E-state index in [0.29, 0.717) is 36.1 Å². The molecular weight excluding hydrogens is 560 g/mol. The molecule has 3 aromatic rings. The van der Waals surface area contributed by atoms with Gasteiger partial charge in [0.2, 0.25) is 11.8 Å². The number of carbonyl (C=O) groups is 1. The number of anilines is 1. The highest BCUT2D eigenvalue weighted by Crippen LogP contribution is 2.36. The molecule has 0 saturated heterocycles. The van der Waals surface area contributed by atoms with Crippen LogP contribution >= 0.6 is 0 Å². The van der Waals surface area contributed by atoms with Crippen molar-refractivity contribution in [1.82, 2.24) is 20.2 Å². The Morgan fingerprint density at radius 3 is 2.07 bits per heavy atom. The average Bonchev–Trinajstić information content (AvgIpc) is 2.88. The second-order valence-electron chi connectivity index (χ2n) is 8.65. The summed E-state index contributed by atoms with van der Waals surface area (Å²) in [4.78, 5) is 21.5. The van der Waals surface area contributed by atoms with Gasteiger partial charge in [0.15, 0.2) is 11.5 Å². The number of para-hydroxylation sites is 2. The first-order valence-corrected chi connectivity index (χ1v) is 11.9. The smallest absolute Gasteiger partial charge is 0.416 e. The Labute approximate surface area is 232 Å². The van der Waals surface area contributed by atoms with Gasteiger partial charge in [0.05, 0.1) is 24.4 Å². The minimum atomic E-state index is -4.79. The first kappa shape index (κ1) is 33.1. The van der Waals surface area contributed by atoms with Gasteiger partial charge in [-0.1, -0.05) is 12.1 Å². The van der Waals surface area contributed by atoms with Gasteiger partial charge in [-0.3, -0.25) is 0 Å². The number of nitrogens with one attached hydrogen (secondary N) is 2. The number of hydrogen-bond acceptors (Lipinski definition) is 8. The van der Waals surface area contributed by atoms with Gasteiger partial charge in [0.25, 0.3) is 0 Å². The zero-order valence-corrected chi connectivity index (χ0v) is 22.5. The van der Waals surface area contributed by atoms with Crippen LogP contribution < -0.4 is 20.1 Å². The number of hydrogen-bond donors (Lipinski definition) is 3. The van der Waals surface area contributed by atoms with E-state index >= 15 is 0 Å².